The molecule has 0 spiro atoms. The average Bonchev–Trinajstić information content (AvgIpc) is 3.54. The zero-order valence-corrected chi connectivity index (χ0v) is 19.8. The number of hydrogen-bond donors (Lipinski definition) is 4. The Morgan fingerprint density at radius 2 is 2.09 bits per heavy atom. The SMILES string of the molecule is CCC1(CC)CC(=O)N(C(CCOC)[C@@H]2C[C@H]2C(=O)N[C@@H]2c3ccccc3C[C@H]2O)C(=N)N1. The maximum Gasteiger partial charge on any atom is 0.231 e. The highest BCUT2D eigenvalue weighted by molar-refractivity contribution is 5.99. The van der Waals surface area contributed by atoms with E-state index in [0.29, 0.717) is 32.3 Å². The summed E-state index contributed by atoms with van der Waals surface area (Å²) in [6, 6.07) is 7.13. The summed E-state index contributed by atoms with van der Waals surface area (Å²) in [5.41, 5.74) is 1.66. The first-order chi connectivity index (χ1) is 15.8. The number of fused-ring (bicyclic) bond motifs is 1. The summed E-state index contributed by atoms with van der Waals surface area (Å²) in [7, 11) is 1.62. The minimum atomic E-state index is -0.634. The summed E-state index contributed by atoms with van der Waals surface area (Å²) < 4.78 is 5.29. The Morgan fingerprint density at radius 1 is 1.36 bits per heavy atom. The van der Waals surface area contributed by atoms with Crippen molar-refractivity contribution >= 4 is 17.8 Å². The lowest BCUT2D eigenvalue weighted by atomic mass is 9.86. The molecule has 4 N–H and O–H groups in total. The highest BCUT2D eigenvalue weighted by Gasteiger charge is 2.53. The first-order valence-electron chi connectivity index (χ1n) is 12.1. The predicted molar refractivity (Wildman–Crippen MR) is 125 cm³/mol. The summed E-state index contributed by atoms with van der Waals surface area (Å²) >= 11 is 0. The van der Waals surface area contributed by atoms with E-state index in [2.05, 4.69) is 10.6 Å². The van der Waals surface area contributed by atoms with E-state index in [1.807, 2.05) is 38.1 Å². The Balaban J connectivity index is 1.46. The van der Waals surface area contributed by atoms with E-state index in [1.165, 1.54) is 0 Å². The molecule has 1 aromatic rings. The maximum absolute atomic E-state index is 13.2. The van der Waals surface area contributed by atoms with Crippen LogP contribution in [0.4, 0.5) is 0 Å². The van der Waals surface area contributed by atoms with Gasteiger partial charge in [-0.15, -0.1) is 0 Å². The number of hydrogen-bond acceptors (Lipinski definition) is 5. The Morgan fingerprint density at radius 3 is 2.76 bits per heavy atom. The van der Waals surface area contributed by atoms with Gasteiger partial charge in [0.05, 0.1) is 18.6 Å². The Kier molecular flexibility index (Phi) is 6.77. The zero-order valence-electron chi connectivity index (χ0n) is 19.8. The van der Waals surface area contributed by atoms with Crippen LogP contribution < -0.4 is 10.6 Å². The predicted octanol–water partition coefficient (Wildman–Crippen LogP) is 2.12. The van der Waals surface area contributed by atoms with Crippen LogP contribution in [0.25, 0.3) is 0 Å². The van der Waals surface area contributed by atoms with E-state index < -0.39 is 12.1 Å². The number of carbonyl (C=O) groups excluding carboxylic acids is 2. The molecule has 1 aliphatic heterocycles. The maximum atomic E-state index is 13.2. The summed E-state index contributed by atoms with van der Waals surface area (Å²) in [6.45, 7) is 4.52. The van der Waals surface area contributed by atoms with Gasteiger partial charge >= 0.3 is 0 Å². The molecule has 33 heavy (non-hydrogen) atoms. The number of ether oxygens (including phenoxy) is 1. The van der Waals surface area contributed by atoms with Crippen molar-refractivity contribution in [3.63, 3.8) is 0 Å². The van der Waals surface area contributed by atoms with Gasteiger partial charge in [0, 0.05) is 37.6 Å². The highest BCUT2D eigenvalue weighted by Crippen LogP contribution is 2.46. The average molecular weight is 457 g/mol. The second kappa shape index (κ2) is 9.43. The number of nitrogens with one attached hydrogen (secondary N) is 3. The van der Waals surface area contributed by atoms with Crippen molar-refractivity contribution in [3.8, 4) is 0 Å². The van der Waals surface area contributed by atoms with Gasteiger partial charge in [-0.2, -0.15) is 0 Å². The molecule has 8 nitrogen and oxygen atoms in total. The van der Waals surface area contributed by atoms with E-state index >= 15 is 0 Å². The molecule has 3 aliphatic rings. The number of rotatable bonds is 9. The molecular formula is C25H36N4O4. The number of methoxy groups -OCH3 is 1. The van der Waals surface area contributed by atoms with Gasteiger partial charge in [-0.3, -0.25) is 19.9 Å². The number of carbonyl (C=O) groups is 2. The van der Waals surface area contributed by atoms with Crippen molar-refractivity contribution in [3.05, 3.63) is 35.4 Å². The molecule has 1 unspecified atom stereocenters. The number of aliphatic hydroxyl groups excluding tert-OH is 1. The number of benzene rings is 1. The molecule has 1 saturated heterocycles. The van der Waals surface area contributed by atoms with Crippen LogP contribution in [-0.2, 0) is 20.7 Å². The minimum absolute atomic E-state index is 0.0317. The van der Waals surface area contributed by atoms with Gasteiger partial charge in [0.25, 0.3) is 0 Å². The molecule has 5 atom stereocenters. The van der Waals surface area contributed by atoms with Crippen molar-refractivity contribution < 1.29 is 19.4 Å². The van der Waals surface area contributed by atoms with Crippen LogP contribution in [0.1, 0.15) is 63.1 Å². The molecule has 0 radical (unpaired) electrons. The van der Waals surface area contributed by atoms with Crippen LogP contribution in [0.5, 0.6) is 0 Å². The quantitative estimate of drug-likeness (QED) is 0.454. The van der Waals surface area contributed by atoms with Gasteiger partial charge in [-0.1, -0.05) is 38.1 Å². The topological polar surface area (TPSA) is 115 Å². The summed E-state index contributed by atoms with van der Waals surface area (Å²) in [6.07, 6.45) is 3.02. The Hall–Kier alpha value is -2.45. The van der Waals surface area contributed by atoms with Crippen LogP contribution in [0, 0.1) is 17.2 Å². The molecule has 0 bridgehead atoms. The second-order valence-corrected chi connectivity index (χ2v) is 9.71. The first kappa shape index (κ1) is 23.7. The van der Waals surface area contributed by atoms with E-state index in [0.717, 1.165) is 24.0 Å². The van der Waals surface area contributed by atoms with Crippen LogP contribution >= 0.6 is 0 Å². The van der Waals surface area contributed by atoms with Crippen LogP contribution in [-0.4, -0.2) is 59.2 Å². The van der Waals surface area contributed by atoms with Gasteiger partial charge < -0.3 is 20.5 Å². The lowest BCUT2D eigenvalue weighted by Gasteiger charge is -2.45. The molecule has 180 valence electrons. The van der Waals surface area contributed by atoms with Gasteiger partial charge in [0.15, 0.2) is 5.96 Å². The standard InChI is InChI=1S/C25H36N4O4/c1-4-25(5-2)14-21(31)29(24(26)28-25)19(10-11-33-3)17-13-18(17)23(32)27-22-16-9-7-6-8-15(16)12-20(22)30/h6-9,17-20,22,30H,4-5,10-14H2,1-3H3,(H2,26,28)(H,27,32)/t17-,18-,19?,20-,22-/m1/s1. The number of guanidine groups is 1. The van der Waals surface area contributed by atoms with Crippen molar-refractivity contribution in [2.75, 3.05) is 13.7 Å². The minimum Gasteiger partial charge on any atom is -0.390 e. The van der Waals surface area contributed by atoms with Crippen molar-refractivity contribution in [1.29, 1.82) is 5.41 Å². The number of amides is 2. The van der Waals surface area contributed by atoms with Crippen LogP contribution in [0.3, 0.4) is 0 Å². The van der Waals surface area contributed by atoms with Crippen LogP contribution in [0.15, 0.2) is 24.3 Å². The van der Waals surface area contributed by atoms with Gasteiger partial charge in [0.1, 0.15) is 0 Å². The molecule has 2 aliphatic carbocycles. The summed E-state index contributed by atoms with van der Waals surface area (Å²) in [4.78, 5) is 27.9. The smallest absolute Gasteiger partial charge is 0.231 e. The summed E-state index contributed by atoms with van der Waals surface area (Å²) in [5.74, 6) is -0.298. The molecule has 1 aromatic carbocycles. The zero-order chi connectivity index (χ0) is 23.8. The molecule has 2 amide bonds. The molecule has 8 heteroatoms. The fourth-order valence-corrected chi connectivity index (χ4v) is 5.61. The fourth-order valence-electron chi connectivity index (χ4n) is 5.61. The fraction of sp³-hybridized carbons (Fsp3) is 0.640. The molecular weight excluding hydrogens is 420 g/mol. The van der Waals surface area contributed by atoms with Gasteiger partial charge in [-0.05, 0) is 42.7 Å². The molecule has 1 saturated carbocycles. The Bertz CT molecular complexity index is 895. The van der Waals surface area contributed by atoms with Crippen molar-refractivity contribution in [2.24, 2.45) is 11.8 Å². The third kappa shape index (κ3) is 4.51. The van der Waals surface area contributed by atoms with Crippen molar-refractivity contribution in [1.82, 2.24) is 15.5 Å². The third-order valence-electron chi connectivity index (χ3n) is 7.86. The number of aliphatic hydroxyl groups is 1. The first-order valence-corrected chi connectivity index (χ1v) is 12.1. The second-order valence-electron chi connectivity index (χ2n) is 9.71. The van der Waals surface area contributed by atoms with Crippen molar-refractivity contribution in [2.45, 2.75) is 76.1 Å². The van der Waals surface area contributed by atoms with Gasteiger partial charge in [0.2, 0.25) is 11.8 Å². The van der Waals surface area contributed by atoms with E-state index in [4.69, 9.17) is 10.1 Å². The number of nitrogens with zero attached hydrogens (tertiary/aromatic N) is 1. The Labute approximate surface area is 195 Å². The largest absolute Gasteiger partial charge is 0.390 e. The lowest BCUT2D eigenvalue weighted by Crippen LogP contribution is -2.64. The highest BCUT2D eigenvalue weighted by atomic mass is 16.5. The van der Waals surface area contributed by atoms with E-state index in [1.54, 1.807) is 12.0 Å². The van der Waals surface area contributed by atoms with E-state index in [-0.39, 0.29) is 41.2 Å². The lowest BCUT2D eigenvalue weighted by molar-refractivity contribution is -0.134. The molecule has 0 aromatic heterocycles. The van der Waals surface area contributed by atoms with Crippen LogP contribution in [0.2, 0.25) is 0 Å². The molecule has 1 heterocycles. The normalized spacial score (nSPS) is 28.8. The van der Waals surface area contributed by atoms with Gasteiger partial charge in [-0.25, -0.2) is 0 Å². The third-order valence-corrected chi connectivity index (χ3v) is 7.86. The molecule has 4 rings (SSSR count). The monoisotopic (exact) mass is 456 g/mol. The van der Waals surface area contributed by atoms with E-state index in [9.17, 15) is 14.7 Å². The summed E-state index contributed by atoms with van der Waals surface area (Å²) in [5, 5.41) is 25.4. The molecule has 2 fully saturated rings.